The lowest BCUT2D eigenvalue weighted by Gasteiger charge is -2.36. The van der Waals surface area contributed by atoms with Gasteiger partial charge in [-0.25, -0.2) is 4.39 Å². The highest BCUT2D eigenvalue weighted by Gasteiger charge is 2.26. The van der Waals surface area contributed by atoms with Crippen LogP contribution in [-0.2, 0) is 0 Å². The van der Waals surface area contributed by atoms with Gasteiger partial charge >= 0.3 is 0 Å². The summed E-state index contributed by atoms with van der Waals surface area (Å²) < 4.78 is 13.4. The van der Waals surface area contributed by atoms with E-state index in [2.05, 4.69) is 39.6 Å². The monoisotopic (exact) mass is 385 g/mol. The van der Waals surface area contributed by atoms with Crippen molar-refractivity contribution < 1.29 is 9.18 Å². The molecule has 0 saturated carbocycles. The van der Waals surface area contributed by atoms with Crippen LogP contribution in [0.25, 0.3) is 10.9 Å². The highest BCUT2D eigenvalue weighted by molar-refractivity contribution is 7.10. The lowest BCUT2D eigenvalue weighted by atomic mass is 9.97. The van der Waals surface area contributed by atoms with Crippen LogP contribution >= 0.6 is 11.3 Å². The number of likely N-dealkylation sites (tertiary alicyclic amines) is 1. The fraction of sp³-hybridized carbons (Fsp3) is 0.381. The Hall–Kier alpha value is -2.18. The molecule has 1 saturated heterocycles. The zero-order valence-electron chi connectivity index (χ0n) is 15.4. The number of H-pyrrole nitrogens is 1. The van der Waals surface area contributed by atoms with Gasteiger partial charge in [-0.3, -0.25) is 9.69 Å². The van der Waals surface area contributed by atoms with Gasteiger partial charge < -0.3 is 10.3 Å². The Bertz CT molecular complexity index is 913. The van der Waals surface area contributed by atoms with Crippen molar-refractivity contribution in [2.45, 2.75) is 25.8 Å². The van der Waals surface area contributed by atoms with E-state index in [-0.39, 0.29) is 17.8 Å². The molecule has 0 bridgehead atoms. The first-order chi connectivity index (χ1) is 13.1. The standard InChI is InChI=1S/C21H24FN3OS/c1-14-6-8-25(9-7-14)19(20-3-2-10-27-20)13-23-21(26)18-12-15-11-16(22)4-5-17(15)24-18/h2-5,10-12,14,19,24H,6-9,13H2,1H3,(H,23,26). The third-order valence-corrected chi connectivity index (χ3v) is 6.39. The maximum atomic E-state index is 13.4. The molecule has 2 aromatic heterocycles. The number of hydrogen-bond donors (Lipinski definition) is 2. The summed E-state index contributed by atoms with van der Waals surface area (Å²) in [6.45, 7) is 4.99. The molecule has 0 radical (unpaired) electrons. The maximum absolute atomic E-state index is 13.4. The molecule has 3 aromatic rings. The highest BCUT2D eigenvalue weighted by atomic mass is 32.1. The number of nitrogens with one attached hydrogen (secondary N) is 2. The molecule has 1 unspecified atom stereocenters. The Morgan fingerprint density at radius 2 is 2.15 bits per heavy atom. The number of amides is 1. The number of hydrogen-bond acceptors (Lipinski definition) is 3. The quantitative estimate of drug-likeness (QED) is 0.676. The van der Waals surface area contributed by atoms with Crippen molar-refractivity contribution in [1.29, 1.82) is 0 Å². The average Bonchev–Trinajstić information content (AvgIpc) is 3.32. The molecule has 3 heterocycles. The summed E-state index contributed by atoms with van der Waals surface area (Å²) in [7, 11) is 0. The molecule has 1 amide bonds. The average molecular weight is 386 g/mol. The van der Waals surface area contributed by atoms with E-state index in [0.29, 0.717) is 17.6 Å². The minimum absolute atomic E-state index is 0.154. The van der Waals surface area contributed by atoms with E-state index in [1.54, 1.807) is 23.5 Å². The largest absolute Gasteiger partial charge is 0.351 e. The molecular formula is C21H24FN3OS. The molecule has 0 aliphatic carbocycles. The van der Waals surface area contributed by atoms with Crippen molar-refractivity contribution in [2.24, 2.45) is 5.92 Å². The third kappa shape index (κ3) is 4.06. The predicted octanol–water partition coefficient (Wildman–Crippen LogP) is 4.57. The number of piperidine rings is 1. The smallest absolute Gasteiger partial charge is 0.267 e. The Balaban J connectivity index is 1.47. The number of carbonyl (C=O) groups is 1. The van der Waals surface area contributed by atoms with Crippen molar-refractivity contribution in [3.63, 3.8) is 0 Å². The third-order valence-electron chi connectivity index (χ3n) is 5.41. The van der Waals surface area contributed by atoms with Gasteiger partial charge in [-0.05, 0) is 67.6 Å². The number of halogens is 1. The molecular weight excluding hydrogens is 361 g/mol. The van der Waals surface area contributed by atoms with Crippen LogP contribution in [0.2, 0.25) is 0 Å². The Morgan fingerprint density at radius 3 is 2.89 bits per heavy atom. The molecule has 142 valence electrons. The summed E-state index contributed by atoms with van der Waals surface area (Å²) in [5, 5.41) is 5.87. The number of thiophene rings is 1. The molecule has 6 heteroatoms. The minimum Gasteiger partial charge on any atom is -0.351 e. The summed E-state index contributed by atoms with van der Waals surface area (Å²) in [5.41, 5.74) is 1.23. The van der Waals surface area contributed by atoms with Gasteiger partial charge in [0.1, 0.15) is 11.5 Å². The SMILES string of the molecule is CC1CCN(C(CNC(=O)c2cc3cc(F)ccc3[nH]2)c2cccs2)CC1. The Kier molecular flexibility index (Phi) is 5.27. The predicted molar refractivity (Wildman–Crippen MR) is 108 cm³/mol. The molecule has 27 heavy (non-hydrogen) atoms. The fourth-order valence-electron chi connectivity index (χ4n) is 3.74. The fourth-order valence-corrected chi connectivity index (χ4v) is 4.60. The van der Waals surface area contributed by atoms with Gasteiger partial charge in [0.2, 0.25) is 0 Å². The van der Waals surface area contributed by atoms with Gasteiger partial charge in [-0.2, -0.15) is 0 Å². The van der Waals surface area contributed by atoms with Gasteiger partial charge in [-0.1, -0.05) is 13.0 Å². The van der Waals surface area contributed by atoms with Crippen LogP contribution in [0.15, 0.2) is 41.8 Å². The van der Waals surface area contributed by atoms with Crippen LogP contribution in [0, 0.1) is 11.7 Å². The molecule has 1 atom stereocenters. The molecule has 0 spiro atoms. The molecule has 4 rings (SSSR count). The summed E-state index contributed by atoms with van der Waals surface area (Å²) >= 11 is 1.74. The van der Waals surface area contributed by atoms with Crippen molar-refractivity contribution >= 4 is 28.1 Å². The van der Waals surface area contributed by atoms with E-state index in [1.165, 1.54) is 29.9 Å². The second kappa shape index (κ2) is 7.82. The van der Waals surface area contributed by atoms with Gasteiger partial charge in [0, 0.05) is 22.3 Å². The van der Waals surface area contributed by atoms with Crippen LogP contribution in [0.5, 0.6) is 0 Å². The van der Waals surface area contributed by atoms with E-state index in [1.807, 2.05) is 0 Å². The summed E-state index contributed by atoms with van der Waals surface area (Å²) in [6, 6.07) is 10.6. The van der Waals surface area contributed by atoms with Gasteiger partial charge in [0.15, 0.2) is 0 Å². The first kappa shape index (κ1) is 18.2. The van der Waals surface area contributed by atoms with Crippen LogP contribution in [0.1, 0.15) is 41.2 Å². The highest BCUT2D eigenvalue weighted by Crippen LogP contribution is 2.29. The number of nitrogens with zero attached hydrogens (tertiary/aromatic N) is 1. The molecule has 1 aliphatic rings. The zero-order chi connectivity index (χ0) is 18.8. The second-order valence-corrected chi connectivity index (χ2v) is 8.35. The molecule has 4 nitrogen and oxygen atoms in total. The lowest BCUT2D eigenvalue weighted by molar-refractivity contribution is 0.0911. The minimum atomic E-state index is -0.300. The first-order valence-corrected chi connectivity index (χ1v) is 10.3. The number of carbonyl (C=O) groups excluding carboxylic acids is 1. The summed E-state index contributed by atoms with van der Waals surface area (Å²) in [4.78, 5) is 19.5. The van der Waals surface area contributed by atoms with Crippen LogP contribution < -0.4 is 5.32 Å². The first-order valence-electron chi connectivity index (χ1n) is 9.44. The van der Waals surface area contributed by atoms with Crippen LogP contribution in [0.4, 0.5) is 4.39 Å². The lowest BCUT2D eigenvalue weighted by Crippen LogP contribution is -2.41. The Labute approximate surface area is 162 Å². The second-order valence-electron chi connectivity index (χ2n) is 7.37. The molecule has 2 N–H and O–H groups in total. The maximum Gasteiger partial charge on any atom is 0.267 e. The van der Waals surface area contributed by atoms with E-state index in [0.717, 1.165) is 24.5 Å². The number of benzene rings is 1. The van der Waals surface area contributed by atoms with Crippen LogP contribution in [0.3, 0.4) is 0 Å². The number of fused-ring (bicyclic) bond motifs is 1. The van der Waals surface area contributed by atoms with E-state index >= 15 is 0 Å². The van der Waals surface area contributed by atoms with E-state index in [9.17, 15) is 9.18 Å². The van der Waals surface area contributed by atoms with E-state index in [4.69, 9.17) is 0 Å². The number of aromatic amines is 1. The van der Waals surface area contributed by atoms with Crippen molar-refractivity contribution in [2.75, 3.05) is 19.6 Å². The van der Waals surface area contributed by atoms with Gasteiger partial charge in [-0.15, -0.1) is 11.3 Å². The number of aromatic nitrogens is 1. The van der Waals surface area contributed by atoms with Gasteiger partial charge in [0.25, 0.3) is 5.91 Å². The van der Waals surface area contributed by atoms with Gasteiger partial charge in [0.05, 0.1) is 6.04 Å². The van der Waals surface area contributed by atoms with Crippen molar-refractivity contribution in [3.8, 4) is 0 Å². The van der Waals surface area contributed by atoms with Crippen molar-refractivity contribution in [1.82, 2.24) is 15.2 Å². The normalized spacial score (nSPS) is 17.3. The molecule has 1 aliphatic heterocycles. The molecule has 1 aromatic carbocycles. The summed E-state index contributed by atoms with van der Waals surface area (Å²) in [6.07, 6.45) is 2.40. The summed E-state index contributed by atoms with van der Waals surface area (Å²) in [5.74, 6) is 0.315. The zero-order valence-corrected chi connectivity index (χ0v) is 16.2. The van der Waals surface area contributed by atoms with E-state index < -0.39 is 0 Å². The Morgan fingerprint density at radius 1 is 1.33 bits per heavy atom. The van der Waals surface area contributed by atoms with Crippen molar-refractivity contribution in [3.05, 3.63) is 58.2 Å². The molecule has 1 fully saturated rings. The topological polar surface area (TPSA) is 48.1 Å². The number of rotatable bonds is 5. The van der Waals surface area contributed by atoms with Crippen LogP contribution in [-0.4, -0.2) is 35.4 Å².